The summed E-state index contributed by atoms with van der Waals surface area (Å²) >= 11 is 0. The zero-order valence-electron chi connectivity index (χ0n) is 11.5. The molecule has 0 aromatic heterocycles. The SMILES string of the molecule is CC(N)C(=O)N1CCN(C(=O)c2ccccc2)CC1.Cl. The second-order valence-electron chi connectivity index (χ2n) is 4.77. The molecule has 0 saturated carbocycles. The van der Waals surface area contributed by atoms with Crippen LogP contribution in [0.25, 0.3) is 0 Å². The van der Waals surface area contributed by atoms with Gasteiger partial charge in [-0.2, -0.15) is 0 Å². The van der Waals surface area contributed by atoms with Crippen molar-refractivity contribution in [1.82, 2.24) is 9.80 Å². The van der Waals surface area contributed by atoms with Gasteiger partial charge in [0.25, 0.3) is 5.91 Å². The third kappa shape index (κ3) is 3.71. The normalized spacial score (nSPS) is 16.3. The minimum Gasteiger partial charge on any atom is -0.338 e. The van der Waals surface area contributed by atoms with E-state index in [-0.39, 0.29) is 24.2 Å². The monoisotopic (exact) mass is 297 g/mol. The van der Waals surface area contributed by atoms with Crippen LogP contribution in [0.4, 0.5) is 0 Å². The van der Waals surface area contributed by atoms with E-state index in [2.05, 4.69) is 0 Å². The molecule has 2 N–H and O–H groups in total. The van der Waals surface area contributed by atoms with Gasteiger partial charge in [0, 0.05) is 31.7 Å². The van der Waals surface area contributed by atoms with E-state index in [1.165, 1.54) is 0 Å². The molecular formula is C14H20ClN3O2. The largest absolute Gasteiger partial charge is 0.338 e. The standard InChI is InChI=1S/C14H19N3O2.ClH/c1-11(15)13(18)16-7-9-17(10-8-16)14(19)12-5-3-2-4-6-12;/h2-6,11H,7-10,15H2,1H3;1H. The van der Waals surface area contributed by atoms with E-state index < -0.39 is 6.04 Å². The van der Waals surface area contributed by atoms with E-state index in [1.54, 1.807) is 16.7 Å². The Balaban J connectivity index is 0.00000200. The van der Waals surface area contributed by atoms with Crippen LogP contribution < -0.4 is 5.73 Å². The summed E-state index contributed by atoms with van der Waals surface area (Å²) in [6.45, 7) is 3.92. The second kappa shape index (κ2) is 7.26. The average Bonchev–Trinajstić information content (AvgIpc) is 2.46. The fourth-order valence-corrected chi connectivity index (χ4v) is 2.18. The third-order valence-corrected chi connectivity index (χ3v) is 3.29. The van der Waals surface area contributed by atoms with Gasteiger partial charge in [0.05, 0.1) is 6.04 Å². The average molecular weight is 298 g/mol. The Labute approximate surface area is 125 Å². The predicted molar refractivity (Wildman–Crippen MR) is 79.8 cm³/mol. The van der Waals surface area contributed by atoms with Crippen molar-refractivity contribution in [3.63, 3.8) is 0 Å². The molecule has 1 heterocycles. The zero-order chi connectivity index (χ0) is 13.8. The molecule has 1 saturated heterocycles. The van der Waals surface area contributed by atoms with Gasteiger partial charge in [0.1, 0.15) is 0 Å². The topological polar surface area (TPSA) is 66.6 Å². The third-order valence-electron chi connectivity index (χ3n) is 3.29. The Morgan fingerprint density at radius 3 is 2.05 bits per heavy atom. The van der Waals surface area contributed by atoms with Gasteiger partial charge in [0.15, 0.2) is 0 Å². The van der Waals surface area contributed by atoms with Gasteiger partial charge in [0.2, 0.25) is 5.91 Å². The van der Waals surface area contributed by atoms with E-state index in [1.807, 2.05) is 30.3 Å². The number of halogens is 1. The highest BCUT2D eigenvalue weighted by Gasteiger charge is 2.25. The zero-order valence-corrected chi connectivity index (χ0v) is 12.3. The van der Waals surface area contributed by atoms with Crippen molar-refractivity contribution >= 4 is 24.2 Å². The summed E-state index contributed by atoms with van der Waals surface area (Å²) in [5.41, 5.74) is 6.27. The maximum Gasteiger partial charge on any atom is 0.253 e. The van der Waals surface area contributed by atoms with Gasteiger partial charge in [-0.05, 0) is 19.1 Å². The van der Waals surface area contributed by atoms with Crippen molar-refractivity contribution in [3.8, 4) is 0 Å². The van der Waals surface area contributed by atoms with E-state index in [0.29, 0.717) is 31.7 Å². The van der Waals surface area contributed by atoms with Gasteiger partial charge >= 0.3 is 0 Å². The molecule has 6 heteroatoms. The highest BCUT2D eigenvalue weighted by atomic mass is 35.5. The molecule has 0 spiro atoms. The number of hydrogen-bond donors (Lipinski definition) is 1. The molecule has 0 bridgehead atoms. The van der Waals surface area contributed by atoms with Crippen molar-refractivity contribution < 1.29 is 9.59 Å². The summed E-state index contributed by atoms with van der Waals surface area (Å²) in [5, 5.41) is 0. The molecule has 0 aliphatic carbocycles. The minimum absolute atomic E-state index is 0. The number of nitrogens with zero attached hydrogens (tertiary/aromatic N) is 2. The van der Waals surface area contributed by atoms with Crippen LogP contribution in [0.2, 0.25) is 0 Å². The summed E-state index contributed by atoms with van der Waals surface area (Å²) in [6, 6.07) is 8.72. The number of hydrogen-bond acceptors (Lipinski definition) is 3. The molecule has 1 fully saturated rings. The van der Waals surface area contributed by atoms with Crippen LogP contribution >= 0.6 is 12.4 Å². The minimum atomic E-state index is -0.476. The molecule has 1 aromatic carbocycles. The van der Waals surface area contributed by atoms with Crippen LogP contribution in [-0.2, 0) is 4.79 Å². The van der Waals surface area contributed by atoms with E-state index >= 15 is 0 Å². The quantitative estimate of drug-likeness (QED) is 0.875. The summed E-state index contributed by atoms with van der Waals surface area (Å²) in [4.78, 5) is 27.4. The lowest BCUT2D eigenvalue weighted by atomic mass is 10.1. The Morgan fingerprint density at radius 2 is 1.55 bits per heavy atom. The van der Waals surface area contributed by atoms with Crippen LogP contribution in [0.1, 0.15) is 17.3 Å². The van der Waals surface area contributed by atoms with Crippen LogP contribution in [0.15, 0.2) is 30.3 Å². The van der Waals surface area contributed by atoms with E-state index in [0.717, 1.165) is 0 Å². The van der Waals surface area contributed by atoms with Crippen LogP contribution in [0, 0.1) is 0 Å². The van der Waals surface area contributed by atoms with Crippen LogP contribution in [0.5, 0.6) is 0 Å². The van der Waals surface area contributed by atoms with Gasteiger partial charge in [-0.1, -0.05) is 18.2 Å². The molecular weight excluding hydrogens is 278 g/mol. The molecule has 2 amide bonds. The maximum atomic E-state index is 12.2. The van der Waals surface area contributed by atoms with Crippen molar-refractivity contribution in [2.45, 2.75) is 13.0 Å². The summed E-state index contributed by atoms with van der Waals surface area (Å²) in [7, 11) is 0. The van der Waals surface area contributed by atoms with Gasteiger partial charge in [-0.3, -0.25) is 9.59 Å². The summed E-state index contributed by atoms with van der Waals surface area (Å²) in [5.74, 6) is -0.0275. The fourth-order valence-electron chi connectivity index (χ4n) is 2.18. The lowest BCUT2D eigenvalue weighted by Crippen LogP contribution is -2.53. The molecule has 20 heavy (non-hydrogen) atoms. The number of benzene rings is 1. The molecule has 1 aliphatic rings. The molecule has 1 aromatic rings. The first kappa shape index (κ1) is 16.5. The van der Waals surface area contributed by atoms with Gasteiger partial charge in [-0.15, -0.1) is 12.4 Å². The maximum absolute atomic E-state index is 12.2. The first-order valence-electron chi connectivity index (χ1n) is 6.48. The van der Waals surface area contributed by atoms with Crippen molar-refractivity contribution in [3.05, 3.63) is 35.9 Å². The molecule has 5 nitrogen and oxygen atoms in total. The van der Waals surface area contributed by atoms with Crippen molar-refractivity contribution in [2.75, 3.05) is 26.2 Å². The molecule has 0 radical (unpaired) electrons. The molecule has 1 aliphatic heterocycles. The first-order chi connectivity index (χ1) is 9.09. The summed E-state index contributed by atoms with van der Waals surface area (Å²) < 4.78 is 0. The second-order valence-corrected chi connectivity index (χ2v) is 4.77. The fraction of sp³-hybridized carbons (Fsp3) is 0.429. The smallest absolute Gasteiger partial charge is 0.253 e. The lowest BCUT2D eigenvalue weighted by Gasteiger charge is -2.35. The number of nitrogens with two attached hydrogens (primary N) is 1. The lowest BCUT2D eigenvalue weighted by molar-refractivity contribution is -0.133. The summed E-state index contributed by atoms with van der Waals surface area (Å²) in [6.07, 6.45) is 0. The van der Waals surface area contributed by atoms with E-state index in [9.17, 15) is 9.59 Å². The number of amides is 2. The highest BCUT2D eigenvalue weighted by molar-refractivity contribution is 5.94. The first-order valence-corrected chi connectivity index (χ1v) is 6.48. The Hall–Kier alpha value is -1.59. The van der Waals surface area contributed by atoms with Gasteiger partial charge in [-0.25, -0.2) is 0 Å². The number of rotatable bonds is 2. The molecule has 1 atom stereocenters. The van der Waals surface area contributed by atoms with Crippen LogP contribution in [0.3, 0.4) is 0 Å². The highest BCUT2D eigenvalue weighted by Crippen LogP contribution is 2.09. The number of carbonyl (C=O) groups is 2. The Kier molecular flexibility index (Phi) is 5.98. The molecule has 1 unspecified atom stereocenters. The van der Waals surface area contributed by atoms with Crippen molar-refractivity contribution in [1.29, 1.82) is 0 Å². The van der Waals surface area contributed by atoms with Crippen molar-refractivity contribution in [2.24, 2.45) is 5.73 Å². The predicted octanol–water partition coefficient (Wildman–Crippen LogP) is 0.740. The Bertz CT molecular complexity index is 457. The van der Waals surface area contributed by atoms with Gasteiger partial charge < -0.3 is 15.5 Å². The number of carbonyl (C=O) groups excluding carboxylic acids is 2. The van der Waals surface area contributed by atoms with Crippen LogP contribution in [-0.4, -0.2) is 53.8 Å². The number of piperazine rings is 1. The molecule has 2 rings (SSSR count). The Morgan fingerprint density at radius 1 is 1.05 bits per heavy atom. The molecule has 110 valence electrons. The van der Waals surface area contributed by atoms with E-state index in [4.69, 9.17) is 5.73 Å².